The van der Waals surface area contributed by atoms with E-state index in [-0.39, 0.29) is 24.3 Å². The van der Waals surface area contributed by atoms with Crippen molar-refractivity contribution in [2.24, 2.45) is 5.92 Å². The molecule has 2 fully saturated rings. The van der Waals surface area contributed by atoms with Gasteiger partial charge in [0, 0.05) is 13.1 Å². The zero-order chi connectivity index (χ0) is 19.7. The average Bonchev–Trinajstić information content (AvgIpc) is 2.96. The molecule has 1 aliphatic carbocycles. The minimum absolute atomic E-state index is 0.101. The van der Waals surface area contributed by atoms with E-state index in [0.717, 1.165) is 30.6 Å². The maximum atomic E-state index is 13.0. The highest BCUT2D eigenvalue weighted by Gasteiger charge is 2.55. The summed E-state index contributed by atoms with van der Waals surface area (Å²) < 4.78 is 0. The van der Waals surface area contributed by atoms with E-state index in [9.17, 15) is 14.4 Å². The first kappa shape index (κ1) is 18.7. The van der Waals surface area contributed by atoms with E-state index in [2.05, 4.69) is 23.5 Å². The first-order chi connectivity index (χ1) is 13.5. The number of rotatable bonds is 3. The summed E-state index contributed by atoms with van der Waals surface area (Å²) in [6.07, 6.45) is 6.43. The molecule has 1 aromatic carbocycles. The summed E-state index contributed by atoms with van der Waals surface area (Å²) in [4.78, 5) is 41.1. The van der Waals surface area contributed by atoms with Gasteiger partial charge in [-0.15, -0.1) is 0 Å². The van der Waals surface area contributed by atoms with E-state index in [4.69, 9.17) is 0 Å². The van der Waals surface area contributed by atoms with Crippen molar-refractivity contribution in [1.29, 1.82) is 0 Å². The highest BCUT2D eigenvalue weighted by Crippen LogP contribution is 2.38. The van der Waals surface area contributed by atoms with Crippen molar-refractivity contribution < 1.29 is 14.4 Å². The van der Waals surface area contributed by atoms with Crippen LogP contribution >= 0.6 is 0 Å². The second-order valence-electron chi connectivity index (χ2n) is 8.12. The number of nitrogens with zero attached hydrogens (tertiary/aromatic N) is 2. The molecule has 148 valence electrons. The lowest BCUT2D eigenvalue weighted by atomic mass is 9.73. The Balaban J connectivity index is 1.41. The van der Waals surface area contributed by atoms with Crippen LogP contribution in [0.5, 0.6) is 0 Å². The van der Waals surface area contributed by atoms with Gasteiger partial charge in [-0.05, 0) is 36.3 Å². The van der Waals surface area contributed by atoms with Gasteiger partial charge in [0.05, 0.1) is 0 Å². The van der Waals surface area contributed by atoms with Crippen LogP contribution in [0.15, 0.2) is 36.4 Å². The summed E-state index contributed by atoms with van der Waals surface area (Å²) >= 11 is 0. The Morgan fingerprint density at radius 2 is 2.00 bits per heavy atom. The van der Waals surface area contributed by atoms with Crippen molar-refractivity contribution in [3.05, 3.63) is 42.0 Å². The van der Waals surface area contributed by atoms with Gasteiger partial charge in [-0.3, -0.25) is 14.5 Å². The predicted octanol–water partition coefficient (Wildman–Crippen LogP) is 2.80. The molecular formula is C22H27N3O3. The maximum absolute atomic E-state index is 13.0. The topological polar surface area (TPSA) is 69.7 Å². The van der Waals surface area contributed by atoms with Crippen molar-refractivity contribution in [3.8, 4) is 0 Å². The third kappa shape index (κ3) is 3.21. The van der Waals surface area contributed by atoms with E-state index >= 15 is 0 Å². The maximum Gasteiger partial charge on any atom is 0.325 e. The summed E-state index contributed by atoms with van der Waals surface area (Å²) in [6, 6.07) is 9.72. The highest BCUT2D eigenvalue weighted by atomic mass is 16.2. The second-order valence-corrected chi connectivity index (χ2v) is 8.12. The fraction of sp³-hybridized carbons (Fsp3) is 0.500. The van der Waals surface area contributed by atoms with Gasteiger partial charge in [-0.25, -0.2) is 4.79 Å². The van der Waals surface area contributed by atoms with Gasteiger partial charge < -0.3 is 10.2 Å². The van der Waals surface area contributed by atoms with Crippen molar-refractivity contribution in [2.75, 3.05) is 19.6 Å². The number of amides is 4. The van der Waals surface area contributed by atoms with Gasteiger partial charge in [0.1, 0.15) is 12.1 Å². The van der Waals surface area contributed by atoms with Gasteiger partial charge in [0.2, 0.25) is 5.91 Å². The van der Waals surface area contributed by atoms with E-state index < -0.39 is 11.6 Å². The molecule has 2 aliphatic heterocycles. The smallest absolute Gasteiger partial charge is 0.325 e. The molecule has 6 heteroatoms. The third-order valence-electron chi connectivity index (χ3n) is 6.50. The van der Waals surface area contributed by atoms with Crippen LogP contribution in [0.1, 0.15) is 44.6 Å². The Morgan fingerprint density at radius 3 is 2.68 bits per heavy atom. The van der Waals surface area contributed by atoms with Gasteiger partial charge in [0.25, 0.3) is 5.91 Å². The lowest BCUT2D eigenvalue weighted by molar-refractivity contribution is -0.140. The molecular weight excluding hydrogens is 354 g/mol. The summed E-state index contributed by atoms with van der Waals surface area (Å²) in [7, 11) is 0. The molecule has 0 unspecified atom stereocenters. The molecule has 0 bridgehead atoms. The van der Waals surface area contributed by atoms with Crippen molar-refractivity contribution in [3.63, 3.8) is 0 Å². The average molecular weight is 381 g/mol. The van der Waals surface area contributed by atoms with Crippen LogP contribution in [-0.2, 0) is 9.59 Å². The SMILES string of the molecule is C[C@H]1CCCC[C@@]12NC(=O)N(CC(=O)N1CC=C(c3ccccc3)CC1)C2=O. The molecule has 2 atom stereocenters. The number of carbonyl (C=O) groups is 3. The minimum Gasteiger partial charge on any atom is -0.337 e. The number of imide groups is 1. The minimum atomic E-state index is -0.808. The van der Waals surface area contributed by atoms with Gasteiger partial charge in [-0.1, -0.05) is 56.2 Å². The van der Waals surface area contributed by atoms with Crippen LogP contribution in [0.4, 0.5) is 4.79 Å². The predicted molar refractivity (Wildman–Crippen MR) is 106 cm³/mol. The molecule has 1 N–H and O–H groups in total. The molecule has 4 amide bonds. The molecule has 1 aromatic rings. The summed E-state index contributed by atoms with van der Waals surface area (Å²) in [5.74, 6) is -0.299. The Bertz CT molecular complexity index is 820. The summed E-state index contributed by atoms with van der Waals surface area (Å²) in [6.45, 7) is 2.95. The van der Waals surface area contributed by atoms with Crippen molar-refractivity contribution in [1.82, 2.24) is 15.1 Å². The molecule has 2 heterocycles. The second kappa shape index (κ2) is 7.41. The Labute approximate surface area is 165 Å². The number of hydrogen-bond donors (Lipinski definition) is 1. The van der Waals surface area contributed by atoms with Crippen LogP contribution < -0.4 is 5.32 Å². The molecule has 28 heavy (non-hydrogen) atoms. The van der Waals surface area contributed by atoms with Crippen LogP contribution in [0.3, 0.4) is 0 Å². The van der Waals surface area contributed by atoms with Gasteiger partial charge in [-0.2, -0.15) is 0 Å². The normalized spacial score (nSPS) is 27.8. The quantitative estimate of drug-likeness (QED) is 0.819. The molecule has 0 aromatic heterocycles. The fourth-order valence-corrected chi connectivity index (χ4v) is 4.68. The van der Waals surface area contributed by atoms with Gasteiger partial charge in [0.15, 0.2) is 0 Å². The fourth-order valence-electron chi connectivity index (χ4n) is 4.68. The van der Waals surface area contributed by atoms with E-state index in [0.29, 0.717) is 19.5 Å². The van der Waals surface area contributed by atoms with Crippen molar-refractivity contribution in [2.45, 2.75) is 44.6 Å². The lowest BCUT2D eigenvalue weighted by Crippen LogP contribution is -2.54. The summed E-state index contributed by atoms with van der Waals surface area (Å²) in [5.41, 5.74) is 1.60. The highest BCUT2D eigenvalue weighted by molar-refractivity contribution is 6.09. The molecule has 1 saturated heterocycles. The lowest BCUT2D eigenvalue weighted by Gasteiger charge is -2.37. The van der Waals surface area contributed by atoms with E-state index in [1.54, 1.807) is 4.90 Å². The van der Waals surface area contributed by atoms with Crippen LogP contribution in [-0.4, -0.2) is 52.8 Å². The van der Waals surface area contributed by atoms with Crippen molar-refractivity contribution >= 4 is 23.4 Å². The molecule has 0 radical (unpaired) electrons. The van der Waals surface area contributed by atoms with E-state index in [1.807, 2.05) is 25.1 Å². The number of benzene rings is 1. The Hall–Kier alpha value is -2.63. The first-order valence-electron chi connectivity index (χ1n) is 10.2. The molecule has 3 aliphatic rings. The Morgan fingerprint density at radius 1 is 1.21 bits per heavy atom. The first-order valence-corrected chi connectivity index (χ1v) is 10.2. The van der Waals surface area contributed by atoms with Crippen LogP contribution in [0.2, 0.25) is 0 Å². The number of hydrogen-bond acceptors (Lipinski definition) is 3. The largest absolute Gasteiger partial charge is 0.337 e. The van der Waals surface area contributed by atoms with E-state index in [1.165, 1.54) is 11.1 Å². The zero-order valence-electron chi connectivity index (χ0n) is 16.3. The van der Waals surface area contributed by atoms with Crippen LogP contribution in [0, 0.1) is 5.92 Å². The number of urea groups is 1. The number of carbonyl (C=O) groups excluding carboxylic acids is 3. The standard InChI is InChI=1S/C22H27N3O3/c1-16-7-5-6-12-22(16)20(27)25(21(28)23-22)15-19(26)24-13-10-18(11-14-24)17-8-3-2-4-9-17/h2-4,8-10,16H,5-7,11-15H2,1H3,(H,23,28)/t16-,22+/m0/s1. The zero-order valence-corrected chi connectivity index (χ0v) is 16.3. The van der Waals surface area contributed by atoms with Gasteiger partial charge >= 0.3 is 6.03 Å². The molecule has 4 rings (SSSR count). The molecule has 1 saturated carbocycles. The number of nitrogens with one attached hydrogen (secondary N) is 1. The molecule has 1 spiro atoms. The molecule has 6 nitrogen and oxygen atoms in total. The monoisotopic (exact) mass is 381 g/mol. The Kier molecular flexibility index (Phi) is 4.96. The third-order valence-corrected chi connectivity index (χ3v) is 6.50. The van der Waals surface area contributed by atoms with Crippen LogP contribution in [0.25, 0.3) is 5.57 Å². The summed E-state index contributed by atoms with van der Waals surface area (Å²) in [5, 5.41) is 2.91.